The van der Waals surface area contributed by atoms with Gasteiger partial charge < -0.3 is 25.0 Å². The molecule has 1 saturated heterocycles. The Labute approximate surface area is 269 Å². The van der Waals surface area contributed by atoms with Crippen LogP contribution in [0, 0.1) is 5.53 Å². The van der Waals surface area contributed by atoms with Gasteiger partial charge in [0.1, 0.15) is 18.5 Å². The number of hydrogen-bond acceptors (Lipinski definition) is 7. The Kier molecular flexibility index (Phi) is 9.26. The molecule has 0 bridgehead atoms. The van der Waals surface area contributed by atoms with Crippen LogP contribution >= 0.6 is 0 Å². The molecular weight excluding hydrogens is 615 g/mol. The Morgan fingerprint density at radius 2 is 1.72 bits per heavy atom. The lowest BCUT2D eigenvalue weighted by Gasteiger charge is -2.43. The number of halogens is 3. The summed E-state index contributed by atoms with van der Waals surface area (Å²) in [6.45, 7) is 0.333. The van der Waals surface area contributed by atoms with E-state index in [9.17, 15) is 27.6 Å². The topological polar surface area (TPSA) is 133 Å². The van der Waals surface area contributed by atoms with E-state index >= 15 is 0 Å². The van der Waals surface area contributed by atoms with Crippen molar-refractivity contribution in [1.82, 2.24) is 10.2 Å². The largest absolute Gasteiger partial charge is 0.490 e. The number of amides is 3. The van der Waals surface area contributed by atoms with E-state index in [1.807, 2.05) is 12.1 Å². The summed E-state index contributed by atoms with van der Waals surface area (Å²) in [7, 11) is 0. The molecule has 1 aliphatic carbocycles. The molecule has 2 aliphatic heterocycles. The Morgan fingerprint density at radius 1 is 1.00 bits per heavy atom. The fraction of sp³-hybridized carbons (Fsp3) is 0.382. The van der Waals surface area contributed by atoms with Gasteiger partial charge in [-0.1, -0.05) is 24.3 Å². The van der Waals surface area contributed by atoms with Gasteiger partial charge in [0.15, 0.2) is 0 Å². The first-order valence-electron chi connectivity index (χ1n) is 15.5. The number of alkyl halides is 3. The van der Waals surface area contributed by atoms with Gasteiger partial charge >= 0.3 is 6.18 Å². The van der Waals surface area contributed by atoms with Crippen LogP contribution in [-0.4, -0.2) is 66.6 Å². The number of rotatable bonds is 8. The number of anilines is 1. The zero-order valence-electron chi connectivity index (χ0n) is 25.4. The van der Waals surface area contributed by atoms with Gasteiger partial charge in [-0.05, 0) is 79.3 Å². The number of ether oxygens (including phenoxy) is 2. The minimum Gasteiger partial charge on any atom is -0.490 e. The van der Waals surface area contributed by atoms with Crippen molar-refractivity contribution < 1.29 is 37.0 Å². The summed E-state index contributed by atoms with van der Waals surface area (Å²) >= 11 is 0. The van der Waals surface area contributed by atoms with Crippen LogP contribution in [0.25, 0.3) is 0 Å². The number of carbonyl (C=O) groups is 3. The highest BCUT2D eigenvalue weighted by molar-refractivity contribution is 6.05. The minimum absolute atomic E-state index is 0.0183. The van der Waals surface area contributed by atoms with Crippen molar-refractivity contribution in [3.8, 4) is 5.75 Å². The molecule has 246 valence electrons. The van der Waals surface area contributed by atoms with E-state index in [-0.39, 0.29) is 66.7 Å². The van der Waals surface area contributed by atoms with E-state index in [2.05, 4.69) is 27.9 Å². The normalized spacial score (nSPS) is 21.0. The number of nitrogens with zero attached hydrogens (tertiary/aromatic N) is 2. The fourth-order valence-corrected chi connectivity index (χ4v) is 6.58. The lowest BCUT2D eigenvalue weighted by molar-refractivity contribution is -0.137. The molecule has 3 aliphatic rings. The van der Waals surface area contributed by atoms with Gasteiger partial charge in [-0.25, -0.2) is 5.53 Å². The van der Waals surface area contributed by atoms with Gasteiger partial charge in [-0.3, -0.25) is 14.4 Å². The van der Waals surface area contributed by atoms with Crippen LogP contribution in [0.4, 0.5) is 18.9 Å². The monoisotopic (exact) mass is 649 g/mol. The van der Waals surface area contributed by atoms with E-state index in [1.54, 1.807) is 4.90 Å². The number of fused-ring (bicyclic) bond motifs is 3. The Balaban J connectivity index is 1.13. The van der Waals surface area contributed by atoms with Crippen LogP contribution in [-0.2, 0) is 28.5 Å². The zero-order chi connectivity index (χ0) is 33.1. The average Bonchev–Trinajstić information content (AvgIpc) is 3.46. The van der Waals surface area contributed by atoms with Gasteiger partial charge in [0.2, 0.25) is 5.91 Å². The number of nitrogens with one attached hydrogen (secondary N) is 3. The molecule has 3 N–H and O–H groups in total. The number of hydrogen-bond donors (Lipinski definition) is 3. The molecule has 0 radical (unpaired) electrons. The second-order valence-electron chi connectivity index (χ2n) is 12.0. The van der Waals surface area contributed by atoms with Crippen molar-refractivity contribution in [3.05, 3.63) is 94.5 Å². The van der Waals surface area contributed by atoms with Crippen molar-refractivity contribution in [1.29, 1.82) is 5.53 Å². The second kappa shape index (κ2) is 13.5. The summed E-state index contributed by atoms with van der Waals surface area (Å²) in [5.74, 6) is -0.867. The molecule has 47 heavy (non-hydrogen) atoms. The molecule has 10 nitrogen and oxygen atoms in total. The van der Waals surface area contributed by atoms with Gasteiger partial charge in [-0.15, -0.1) is 0 Å². The van der Waals surface area contributed by atoms with E-state index in [4.69, 9.17) is 15.0 Å². The first-order valence-corrected chi connectivity index (χ1v) is 15.5. The standard InChI is InChI=1S/C34H34F3N5O5/c35-34(36,37)23-7-5-20(6-8-23)32(44)41-24-9-12-29-27(17-24)33(45)42(14-13-39-38)28-11-10-26(47-30(28)19-46-29)18-31(43)40-25-15-21-3-1-2-4-22(21)16-25/h1-9,12,17,25-26,28,30,38H,10-11,13-16,18-19H2,(H,40,43)(H,41,44)/t26-,28-,30-/m0/s1. The fourth-order valence-electron chi connectivity index (χ4n) is 6.58. The lowest BCUT2D eigenvalue weighted by atomic mass is 9.94. The molecule has 0 aromatic heterocycles. The molecule has 6 rings (SSSR count). The first-order chi connectivity index (χ1) is 22.6. The van der Waals surface area contributed by atoms with Crippen molar-refractivity contribution >= 4 is 23.4 Å². The van der Waals surface area contributed by atoms with E-state index in [0.29, 0.717) is 12.8 Å². The highest BCUT2D eigenvalue weighted by atomic mass is 19.4. The molecule has 2 heterocycles. The predicted octanol–water partition coefficient (Wildman–Crippen LogP) is 5.41. The summed E-state index contributed by atoms with van der Waals surface area (Å²) in [5.41, 5.74) is 9.40. The summed E-state index contributed by atoms with van der Waals surface area (Å²) in [5, 5.41) is 9.22. The van der Waals surface area contributed by atoms with Crippen LogP contribution in [0.15, 0.2) is 71.8 Å². The number of carbonyl (C=O) groups excluding carboxylic acids is 3. The maximum Gasteiger partial charge on any atom is 0.416 e. The summed E-state index contributed by atoms with van der Waals surface area (Å²) in [4.78, 5) is 41.3. The molecule has 0 spiro atoms. The molecule has 3 amide bonds. The Hall–Kier alpha value is -4.78. The van der Waals surface area contributed by atoms with Crippen molar-refractivity contribution in [2.24, 2.45) is 5.11 Å². The van der Waals surface area contributed by atoms with Crippen LogP contribution in [0.3, 0.4) is 0 Å². The molecule has 3 atom stereocenters. The zero-order valence-corrected chi connectivity index (χ0v) is 25.4. The Morgan fingerprint density at radius 3 is 2.40 bits per heavy atom. The second-order valence-corrected chi connectivity index (χ2v) is 12.0. The molecule has 3 aromatic carbocycles. The molecule has 3 aromatic rings. The van der Waals surface area contributed by atoms with Crippen molar-refractivity contribution in [2.45, 2.75) is 62.6 Å². The Bertz CT molecular complexity index is 1640. The predicted molar refractivity (Wildman–Crippen MR) is 164 cm³/mol. The molecular formula is C34H34F3N5O5. The van der Waals surface area contributed by atoms with Crippen LogP contribution in [0.5, 0.6) is 5.75 Å². The highest BCUT2D eigenvalue weighted by Gasteiger charge is 2.41. The summed E-state index contributed by atoms with van der Waals surface area (Å²) in [6, 6.07) is 16.2. The van der Waals surface area contributed by atoms with E-state index < -0.39 is 35.7 Å². The molecule has 0 unspecified atom stereocenters. The minimum atomic E-state index is -4.52. The lowest BCUT2D eigenvalue weighted by Crippen LogP contribution is -2.56. The first kappa shape index (κ1) is 32.2. The third kappa shape index (κ3) is 7.30. The van der Waals surface area contributed by atoms with Crippen LogP contribution < -0.4 is 15.4 Å². The molecule has 1 fully saturated rings. The van der Waals surface area contributed by atoms with Crippen LogP contribution in [0.2, 0.25) is 0 Å². The van der Waals surface area contributed by atoms with Gasteiger partial charge in [0.25, 0.3) is 11.8 Å². The number of benzene rings is 3. The molecule has 13 heteroatoms. The van der Waals surface area contributed by atoms with Crippen molar-refractivity contribution in [2.75, 3.05) is 25.0 Å². The van der Waals surface area contributed by atoms with Crippen LogP contribution in [0.1, 0.15) is 56.7 Å². The van der Waals surface area contributed by atoms with Crippen molar-refractivity contribution in [3.63, 3.8) is 0 Å². The maximum absolute atomic E-state index is 13.9. The SMILES string of the molecule is N=NCCN1C(=O)c2cc(NC(=O)c3ccc(C(F)(F)F)cc3)ccc2OC[C@@H]2O[C@H](CC(=O)NC3Cc4ccccc4C3)CC[C@@H]21. The summed E-state index contributed by atoms with van der Waals surface area (Å²) in [6.07, 6.45) is -2.55. The van der Waals surface area contributed by atoms with E-state index in [1.165, 1.54) is 29.3 Å². The third-order valence-electron chi connectivity index (χ3n) is 8.87. The molecule has 0 saturated carbocycles. The third-order valence-corrected chi connectivity index (χ3v) is 8.87. The van der Waals surface area contributed by atoms with Gasteiger partial charge in [0, 0.05) is 23.8 Å². The highest BCUT2D eigenvalue weighted by Crippen LogP contribution is 2.34. The van der Waals surface area contributed by atoms with Gasteiger partial charge in [0.05, 0.1) is 36.2 Å². The smallest absolute Gasteiger partial charge is 0.416 e. The summed E-state index contributed by atoms with van der Waals surface area (Å²) < 4.78 is 51.2. The quantitative estimate of drug-likeness (QED) is 0.281. The van der Waals surface area contributed by atoms with Gasteiger partial charge in [-0.2, -0.15) is 18.3 Å². The maximum atomic E-state index is 13.9. The van der Waals surface area contributed by atoms with E-state index in [0.717, 1.165) is 37.1 Å². The average molecular weight is 650 g/mol.